The molecule has 2 aromatic rings. The van der Waals surface area contributed by atoms with Crippen LogP contribution in [0.2, 0.25) is 0 Å². The van der Waals surface area contributed by atoms with Gasteiger partial charge in [0.05, 0.1) is 6.10 Å². The second-order valence-corrected chi connectivity index (χ2v) is 4.86. The van der Waals surface area contributed by atoms with Crippen LogP contribution in [0, 0.1) is 6.92 Å². The molecule has 1 saturated heterocycles. The largest absolute Gasteiger partial charge is 0.449 e. The van der Waals surface area contributed by atoms with E-state index in [1.807, 2.05) is 14.0 Å². The first-order valence-electron chi connectivity index (χ1n) is 6.22. The molecule has 0 N–H and O–H groups in total. The fraction of sp³-hybridized carbons (Fsp3) is 0.583. The van der Waals surface area contributed by atoms with Gasteiger partial charge in [-0.1, -0.05) is 5.16 Å². The van der Waals surface area contributed by atoms with E-state index in [9.17, 15) is 0 Å². The first-order chi connectivity index (χ1) is 9.11. The van der Waals surface area contributed by atoms with Gasteiger partial charge in [-0.3, -0.25) is 0 Å². The van der Waals surface area contributed by atoms with Crippen molar-refractivity contribution in [2.75, 3.05) is 20.1 Å². The lowest BCUT2D eigenvalue weighted by Gasteiger charge is -2.32. The number of nitrogens with zero attached hydrogens (tertiary/aromatic N) is 4. The summed E-state index contributed by atoms with van der Waals surface area (Å²) in [6.07, 6.45) is 1.47. The molecule has 0 bridgehead atoms. The lowest BCUT2D eigenvalue weighted by atomic mass is 10.2. The van der Waals surface area contributed by atoms with E-state index in [4.69, 9.17) is 13.7 Å². The molecule has 0 aliphatic carbocycles. The van der Waals surface area contributed by atoms with Crippen molar-refractivity contribution in [1.29, 1.82) is 0 Å². The molecule has 19 heavy (non-hydrogen) atoms. The minimum Gasteiger partial charge on any atom is -0.449 e. The summed E-state index contributed by atoms with van der Waals surface area (Å²) < 4.78 is 16.2. The third-order valence-electron chi connectivity index (χ3n) is 3.01. The number of oxazole rings is 1. The second-order valence-electron chi connectivity index (χ2n) is 4.86. The van der Waals surface area contributed by atoms with E-state index in [1.165, 1.54) is 6.26 Å². The summed E-state index contributed by atoms with van der Waals surface area (Å²) in [5.41, 5.74) is 0.574. The quantitative estimate of drug-likeness (QED) is 0.811. The Morgan fingerprint density at radius 3 is 2.84 bits per heavy atom. The minimum atomic E-state index is -0.192. The number of rotatable bonds is 2. The molecule has 0 spiro atoms. The molecule has 3 heterocycles. The van der Waals surface area contributed by atoms with Crippen LogP contribution in [-0.4, -0.2) is 46.3 Å². The van der Waals surface area contributed by atoms with Crippen molar-refractivity contribution in [1.82, 2.24) is 20.0 Å². The monoisotopic (exact) mass is 264 g/mol. The predicted molar refractivity (Wildman–Crippen MR) is 65.3 cm³/mol. The van der Waals surface area contributed by atoms with Gasteiger partial charge in [-0.2, -0.15) is 4.98 Å². The van der Waals surface area contributed by atoms with Gasteiger partial charge in [0.2, 0.25) is 5.82 Å². The molecule has 102 valence electrons. The van der Waals surface area contributed by atoms with E-state index in [2.05, 4.69) is 20.0 Å². The van der Waals surface area contributed by atoms with Gasteiger partial charge in [0.25, 0.3) is 5.89 Å². The SMILES string of the molecule is Cc1nc(-c2noc([C@H]3CN(C)C[C@@H](C)O3)n2)co1. The van der Waals surface area contributed by atoms with Gasteiger partial charge in [-0.15, -0.1) is 0 Å². The summed E-state index contributed by atoms with van der Waals surface area (Å²) >= 11 is 0. The van der Waals surface area contributed by atoms with Crippen molar-refractivity contribution in [2.45, 2.75) is 26.1 Å². The van der Waals surface area contributed by atoms with Gasteiger partial charge < -0.3 is 18.6 Å². The third kappa shape index (κ3) is 2.52. The number of aromatic nitrogens is 3. The molecule has 0 unspecified atom stereocenters. The van der Waals surface area contributed by atoms with Crippen LogP contribution in [-0.2, 0) is 4.74 Å². The van der Waals surface area contributed by atoms with Crippen molar-refractivity contribution in [3.05, 3.63) is 18.0 Å². The molecular formula is C12H16N4O3. The van der Waals surface area contributed by atoms with Crippen molar-refractivity contribution in [3.63, 3.8) is 0 Å². The number of hydrogen-bond acceptors (Lipinski definition) is 7. The molecule has 0 amide bonds. The van der Waals surface area contributed by atoms with Crippen LogP contribution >= 0.6 is 0 Å². The molecule has 2 aromatic heterocycles. The molecule has 0 aromatic carbocycles. The summed E-state index contributed by atoms with van der Waals surface area (Å²) in [7, 11) is 2.05. The van der Waals surface area contributed by atoms with Crippen molar-refractivity contribution in [3.8, 4) is 11.5 Å². The predicted octanol–water partition coefficient (Wildman–Crippen LogP) is 1.42. The van der Waals surface area contributed by atoms with Gasteiger partial charge in [0.15, 0.2) is 5.89 Å². The first-order valence-corrected chi connectivity index (χ1v) is 6.22. The highest BCUT2D eigenvalue weighted by Gasteiger charge is 2.29. The summed E-state index contributed by atoms with van der Waals surface area (Å²) in [6, 6.07) is 0. The molecule has 0 saturated carbocycles. The minimum absolute atomic E-state index is 0.147. The van der Waals surface area contributed by atoms with Crippen LogP contribution in [0.1, 0.15) is 24.8 Å². The van der Waals surface area contributed by atoms with Gasteiger partial charge in [0, 0.05) is 20.0 Å². The van der Waals surface area contributed by atoms with Crippen LogP contribution in [0.15, 0.2) is 15.2 Å². The standard InChI is InChI=1S/C12H16N4O3/c1-7-4-16(3)5-10(18-7)12-14-11(15-19-12)9-6-17-8(2)13-9/h6-7,10H,4-5H2,1-3H3/t7-,10-/m1/s1. The average molecular weight is 264 g/mol. The Labute approximate surface area is 110 Å². The molecule has 1 fully saturated rings. The summed E-state index contributed by atoms with van der Waals surface area (Å²) in [5, 5.41) is 3.92. The van der Waals surface area contributed by atoms with Gasteiger partial charge >= 0.3 is 0 Å². The Bertz CT molecular complexity index is 555. The van der Waals surface area contributed by atoms with E-state index in [1.54, 1.807) is 6.92 Å². The molecular weight excluding hydrogens is 248 g/mol. The second kappa shape index (κ2) is 4.75. The number of hydrogen-bond donors (Lipinski definition) is 0. The smallest absolute Gasteiger partial charge is 0.257 e. The van der Waals surface area contributed by atoms with E-state index < -0.39 is 0 Å². The molecule has 1 aliphatic rings. The van der Waals surface area contributed by atoms with Gasteiger partial charge in [0.1, 0.15) is 18.1 Å². The summed E-state index contributed by atoms with van der Waals surface area (Å²) in [5.74, 6) is 1.48. The fourth-order valence-electron chi connectivity index (χ4n) is 2.24. The van der Waals surface area contributed by atoms with Crippen LogP contribution in [0.5, 0.6) is 0 Å². The molecule has 7 nitrogen and oxygen atoms in total. The number of aryl methyl sites for hydroxylation is 1. The maximum absolute atomic E-state index is 5.82. The Morgan fingerprint density at radius 2 is 2.16 bits per heavy atom. The van der Waals surface area contributed by atoms with E-state index in [0.29, 0.717) is 23.3 Å². The molecule has 2 atom stereocenters. The van der Waals surface area contributed by atoms with Crippen molar-refractivity contribution in [2.24, 2.45) is 0 Å². The maximum atomic E-state index is 5.82. The fourth-order valence-corrected chi connectivity index (χ4v) is 2.24. The Kier molecular flexibility index (Phi) is 3.08. The van der Waals surface area contributed by atoms with Gasteiger partial charge in [-0.05, 0) is 14.0 Å². The van der Waals surface area contributed by atoms with Crippen molar-refractivity contribution >= 4 is 0 Å². The maximum Gasteiger partial charge on any atom is 0.257 e. The van der Waals surface area contributed by atoms with E-state index in [0.717, 1.165) is 13.1 Å². The zero-order valence-electron chi connectivity index (χ0n) is 11.2. The zero-order valence-corrected chi connectivity index (χ0v) is 11.2. The molecule has 3 rings (SSSR count). The topological polar surface area (TPSA) is 77.4 Å². The van der Waals surface area contributed by atoms with E-state index >= 15 is 0 Å². The lowest BCUT2D eigenvalue weighted by Crippen LogP contribution is -2.40. The van der Waals surface area contributed by atoms with Crippen LogP contribution in [0.4, 0.5) is 0 Å². The normalized spacial score (nSPS) is 24.8. The van der Waals surface area contributed by atoms with Crippen LogP contribution in [0.25, 0.3) is 11.5 Å². The molecule has 7 heteroatoms. The number of morpholine rings is 1. The highest BCUT2D eigenvalue weighted by molar-refractivity contribution is 5.45. The van der Waals surface area contributed by atoms with Crippen LogP contribution in [0.3, 0.4) is 0 Å². The first kappa shape index (κ1) is 12.3. The Morgan fingerprint density at radius 1 is 1.32 bits per heavy atom. The Hall–Kier alpha value is -1.73. The third-order valence-corrected chi connectivity index (χ3v) is 3.01. The van der Waals surface area contributed by atoms with Crippen molar-refractivity contribution < 1.29 is 13.7 Å². The lowest BCUT2D eigenvalue weighted by molar-refractivity contribution is -0.0838. The highest BCUT2D eigenvalue weighted by atomic mass is 16.5. The van der Waals surface area contributed by atoms with E-state index in [-0.39, 0.29) is 12.2 Å². The summed E-state index contributed by atoms with van der Waals surface area (Å²) in [6.45, 7) is 5.44. The Balaban J connectivity index is 1.81. The van der Waals surface area contributed by atoms with Gasteiger partial charge in [-0.25, -0.2) is 4.98 Å². The molecule has 0 radical (unpaired) electrons. The number of likely N-dealkylation sites (N-methyl/N-ethyl adjacent to an activating group) is 1. The number of ether oxygens (including phenoxy) is 1. The highest BCUT2D eigenvalue weighted by Crippen LogP contribution is 2.25. The zero-order chi connectivity index (χ0) is 13.4. The average Bonchev–Trinajstić information content (AvgIpc) is 2.95. The summed E-state index contributed by atoms with van der Waals surface area (Å²) in [4.78, 5) is 10.7. The molecule has 1 aliphatic heterocycles. The van der Waals surface area contributed by atoms with Crippen LogP contribution < -0.4 is 0 Å².